The Labute approximate surface area is 379 Å². The van der Waals surface area contributed by atoms with Gasteiger partial charge in [0.15, 0.2) is 5.96 Å². The SMILES string of the molecule is CC[C@H](C)[C@H](NC(=O)[C@H](CCCN=C(N)N)NC(=O)[C@H](CC(C)C)NC(=O)CN)C(=O)N[C@@H](CC(C)C)C(=O)N[C@@H](CC(C)C)C(=O)N[C@@H](CCCCN)C(=O)N[C@H](C(=O)O)C(C)C. The van der Waals surface area contributed by atoms with E-state index in [-0.39, 0.29) is 75.3 Å². The highest BCUT2D eigenvalue weighted by molar-refractivity contribution is 5.97. The van der Waals surface area contributed by atoms with Crippen LogP contribution in [0, 0.1) is 29.6 Å². The number of unbranched alkanes of at least 4 members (excludes halogenated alkanes) is 1. The van der Waals surface area contributed by atoms with E-state index in [0.29, 0.717) is 25.8 Å². The number of nitrogens with zero attached hydrogens (tertiary/aromatic N) is 1. The van der Waals surface area contributed by atoms with Crippen molar-refractivity contribution in [2.45, 2.75) is 169 Å². The Balaban J connectivity index is 6.63. The van der Waals surface area contributed by atoms with Crippen molar-refractivity contribution in [1.29, 1.82) is 0 Å². The van der Waals surface area contributed by atoms with Gasteiger partial charge in [-0.1, -0.05) is 75.7 Å². The zero-order valence-electron chi connectivity index (χ0n) is 39.9. The minimum atomic E-state index is -1.22. The summed E-state index contributed by atoms with van der Waals surface area (Å²) in [7, 11) is 0. The Morgan fingerprint density at radius 2 is 0.906 bits per heavy atom. The van der Waals surface area contributed by atoms with Crippen molar-refractivity contribution >= 4 is 53.3 Å². The van der Waals surface area contributed by atoms with Gasteiger partial charge in [-0.25, -0.2) is 4.79 Å². The number of carbonyl (C=O) groups excluding carboxylic acids is 7. The van der Waals surface area contributed by atoms with Gasteiger partial charge in [0.2, 0.25) is 41.4 Å². The molecule has 0 saturated carbocycles. The molecule has 0 aromatic carbocycles. The summed E-state index contributed by atoms with van der Waals surface area (Å²) in [4.78, 5) is 111. The Morgan fingerprint density at radius 1 is 0.516 bits per heavy atom. The zero-order valence-corrected chi connectivity index (χ0v) is 39.9. The number of nitrogens with two attached hydrogens (primary N) is 4. The molecule has 368 valence electrons. The number of aliphatic carboxylic acids is 1. The molecule has 8 atom stereocenters. The van der Waals surface area contributed by atoms with E-state index in [1.54, 1.807) is 20.8 Å². The number of carboxylic acid groups (broad SMARTS) is 1. The molecule has 64 heavy (non-hydrogen) atoms. The van der Waals surface area contributed by atoms with Crippen molar-refractivity contribution in [3.05, 3.63) is 0 Å². The normalized spacial score (nSPS) is 15.1. The number of carbonyl (C=O) groups is 8. The molecule has 0 unspecified atom stereocenters. The highest BCUT2D eigenvalue weighted by atomic mass is 16.4. The van der Waals surface area contributed by atoms with Crippen molar-refractivity contribution in [3.8, 4) is 0 Å². The fraction of sp³-hybridized carbons (Fsp3) is 0.791. The largest absolute Gasteiger partial charge is 0.480 e. The van der Waals surface area contributed by atoms with Crippen molar-refractivity contribution in [1.82, 2.24) is 37.2 Å². The molecule has 0 rings (SSSR count). The standard InChI is InChI=1S/C43H82N12O9/c1-11-27(10)35(55-37(58)29(16-14-18-48-43(46)47)51-38(59)30(19-23(2)3)49-33(56)22-45)41(62)53-32(21-25(6)7)40(61)52-31(20-24(4)5)39(60)50-28(15-12-13-17-44)36(57)54-34(26(8)9)42(63)64/h23-32,34-35H,11-22,44-45H2,1-10H3,(H,49,56)(H,50,60)(H,51,59)(H,52,61)(H,53,62)(H,54,57)(H,55,58)(H,63,64)(H4,46,47,48)/t27-,28-,29-,30-,31-,32-,34-,35-/m0/s1. The van der Waals surface area contributed by atoms with Crippen LogP contribution in [0.1, 0.15) is 127 Å². The number of aliphatic imine (C=N–C) groups is 1. The van der Waals surface area contributed by atoms with Crippen LogP contribution in [0.25, 0.3) is 0 Å². The van der Waals surface area contributed by atoms with Gasteiger partial charge < -0.3 is 65.3 Å². The van der Waals surface area contributed by atoms with Crippen molar-refractivity contribution in [3.63, 3.8) is 0 Å². The lowest BCUT2D eigenvalue weighted by Crippen LogP contribution is -2.61. The Bertz CT molecular complexity index is 1540. The number of rotatable bonds is 32. The molecule has 0 aliphatic carbocycles. The maximum absolute atomic E-state index is 14.2. The van der Waals surface area contributed by atoms with Gasteiger partial charge in [0.05, 0.1) is 6.54 Å². The summed E-state index contributed by atoms with van der Waals surface area (Å²) in [6, 6.07) is -7.99. The maximum atomic E-state index is 14.2. The molecule has 0 fully saturated rings. The predicted octanol–water partition coefficient (Wildman–Crippen LogP) is -0.554. The average molecular weight is 911 g/mol. The van der Waals surface area contributed by atoms with Crippen LogP contribution >= 0.6 is 0 Å². The van der Waals surface area contributed by atoms with Gasteiger partial charge in [-0.3, -0.25) is 38.6 Å². The minimum absolute atomic E-state index is 0.00881. The molecule has 0 heterocycles. The molecular formula is C43H82N12O9. The molecule has 16 N–H and O–H groups in total. The van der Waals surface area contributed by atoms with Crippen LogP contribution in [0.2, 0.25) is 0 Å². The molecule has 0 aliphatic heterocycles. The third-order valence-corrected chi connectivity index (χ3v) is 10.4. The molecule has 7 amide bonds. The van der Waals surface area contributed by atoms with E-state index in [1.165, 1.54) is 0 Å². The van der Waals surface area contributed by atoms with Crippen molar-refractivity contribution < 1.29 is 43.5 Å². The lowest BCUT2D eigenvalue weighted by Gasteiger charge is -2.30. The van der Waals surface area contributed by atoms with Crippen LogP contribution in [-0.4, -0.2) is 120 Å². The fourth-order valence-electron chi connectivity index (χ4n) is 6.70. The molecule has 0 bridgehead atoms. The van der Waals surface area contributed by atoms with Crippen LogP contribution in [0.5, 0.6) is 0 Å². The monoisotopic (exact) mass is 911 g/mol. The van der Waals surface area contributed by atoms with Gasteiger partial charge in [-0.05, 0) is 87.5 Å². The fourth-order valence-corrected chi connectivity index (χ4v) is 6.70. The van der Waals surface area contributed by atoms with Crippen LogP contribution in [-0.2, 0) is 38.4 Å². The van der Waals surface area contributed by atoms with Gasteiger partial charge in [0.25, 0.3) is 0 Å². The molecular weight excluding hydrogens is 829 g/mol. The molecule has 21 nitrogen and oxygen atoms in total. The first-order valence-corrected chi connectivity index (χ1v) is 22.7. The number of nitrogens with one attached hydrogen (secondary N) is 7. The third-order valence-electron chi connectivity index (χ3n) is 10.4. The highest BCUT2D eigenvalue weighted by Gasteiger charge is 2.36. The van der Waals surface area contributed by atoms with E-state index in [9.17, 15) is 43.5 Å². The van der Waals surface area contributed by atoms with E-state index in [4.69, 9.17) is 22.9 Å². The van der Waals surface area contributed by atoms with Crippen LogP contribution in [0.15, 0.2) is 4.99 Å². The summed E-state index contributed by atoms with van der Waals surface area (Å²) >= 11 is 0. The topological polar surface area (TPSA) is 357 Å². The van der Waals surface area contributed by atoms with Gasteiger partial charge in [0.1, 0.15) is 42.3 Å². The van der Waals surface area contributed by atoms with Crippen LogP contribution in [0.3, 0.4) is 0 Å². The number of guanidine groups is 1. The van der Waals surface area contributed by atoms with E-state index in [1.807, 2.05) is 48.5 Å². The van der Waals surface area contributed by atoms with Gasteiger partial charge >= 0.3 is 5.97 Å². The quantitative estimate of drug-likeness (QED) is 0.0229. The summed E-state index contributed by atoms with van der Waals surface area (Å²) in [6.45, 7) is 18.1. The third kappa shape index (κ3) is 23.6. The molecule has 0 saturated heterocycles. The van der Waals surface area contributed by atoms with Crippen molar-refractivity contribution in [2.75, 3.05) is 19.6 Å². The summed E-state index contributed by atoms with van der Waals surface area (Å²) in [5.41, 5.74) is 22.1. The lowest BCUT2D eigenvalue weighted by molar-refractivity contribution is -0.143. The maximum Gasteiger partial charge on any atom is 0.326 e. The first-order valence-electron chi connectivity index (χ1n) is 22.7. The van der Waals surface area contributed by atoms with Gasteiger partial charge in [-0.2, -0.15) is 0 Å². The molecule has 0 aromatic heterocycles. The molecule has 0 radical (unpaired) electrons. The van der Waals surface area contributed by atoms with Crippen LogP contribution in [0.4, 0.5) is 0 Å². The summed E-state index contributed by atoms with van der Waals surface area (Å²) in [6.07, 6.45) is 2.52. The Morgan fingerprint density at radius 3 is 1.28 bits per heavy atom. The summed E-state index contributed by atoms with van der Waals surface area (Å²) in [5.74, 6) is -7.09. The number of hydrogen-bond acceptors (Lipinski definition) is 11. The highest BCUT2D eigenvalue weighted by Crippen LogP contribution is 2.15. The van der Waals surface area contributed by atoms with E-state index in [0.717, 1.165) is 0 Å². The number of hydrogen-bond donors (Lipinski definition) is 12. The smallest absolute Gasteiger partial charge is 0.326 e. The van der Waals surface area contributed by atoms with Crippen LogP contribution < -0.4 is 60.2 Å². The van der Waals surface area contributed by atoms with E-state index >= 15 is 0 Å². The Kier molecular flexibility index (Phi) is 28.5. The summed E-state index contributed by atoms with van der Waals surface area (Å²) in [5, 5.41) is 28.6. The predicted molar refractivity (Wildman–Crippen MR) is 246 cm³/mol. The Hall–Kier alpha value is -5.05. The first-order chi connectivity index (χ1) is 29.9. The number of amides is 7. The molecule has 0 spiro atoms. The number of carboxylic acids is 1. The molecule has 0 aromatic rings. The lowest BCUT2D eigenvalue weighted by atomic mass is 9.95. The second-order valence-electron chi connectivity index (χ2n) is 18.1. The summed E-state index contributed by atoms with van der Waals surface area (Å²) < 4.78 is 0. The second kappa shape index (κ2) is 30.9. The zero-order chi connectivity index (χ0) is 49.3. The van der Waals surface area contributed by atoms with Gasteiger partial charge in [-0.15, -0.1) is 0 Å². The second-order valence-corrected chi connectivity index (χ2v) is 18.1. The molecule has 0 aliphatic rings. The van der Waals surface area contributed by atoms with Gasteiger partial charge in [0, 0.05) is 6.54 Å². The minimum Gasteiger partial charge on any atom is -0.480 e. The molecule has 21 heteroatoms. The van der Waals surface area contributed by atoms with E-state index in [2.05, 4.69) is 42.2 Å². The van der Waals surface area contributed by atoms with Crippen molar-refractivity contribution in [2.24, 2.45) is 57.5 Å². The average Bonchev–Trinajstić information content (AvgIpc) is 3.20. The first kappa shape index (κ1) is 58.9. The van der Waals surface area contributed by atoms with E-state index < -0.39 is 101 Å².